The predicted octanol–water partition coefficient (Wildman–Crippen LogP) is 4.28. The molecule has 1 saturated heterocycles. The second-order valence-electron chi connectivity index (χ2n) is 10.8. The van der Waals surface area contributed by atoms with E-state index in [4.69, 9.17) is 33.7 Å². The maximum Gasteiger partial charge on any atom is 0.255 e. The molecule has 0 bridgehead atoms. The topological polar surface area (TPSA) is 114 Å². The molecule has 2 aliphatic heterocycles. The molecule has 1 fully saturated rings. The Morgan fingerprint density at radius 3 is 2.50 bits per heavy atom. The summed E-state index contributed by atoms with van der Waals surface area (Å²) >= 11 is 12.1. The average molecular weight is 590 g/mol. The lowest BCUT2D eigenvalue weighted by Crippen LogP contribution is -2.53. The van der Waals surface area contributed by atoms with E-state index in [1.54, 1.807) is 23.1 Å². The number of amides is 3. The molecule has 0 saturated carbocycles. The highest BCUT2D eigenvalue weighted by molar-refractivity contribution is 6.42. The number of halogens is 2. The van der Waals surface area contributed by atoms with E-state index in [9.17, 15) is 14.4 Å². The highest BCUT2D eigenvalue weighted by Crippen LogP contribution is 2.37. The highest BCUT2D eigenvalue weighted by Gasteiger charge is 2.42. The molecule has 1 spiro atoms. The van der Waals surface area contributed by atoms with E-state index in [2.05, 4.69) is 10.6 Å². The van der Waals surface area contributed by atoms with Gasteiger partial charge in [0.1, 0.15) is 5.75 Å². The molecule has 8 nitrogen and oxygen atoms in total. The number of hydrogen-bond acceptors (Lipinski definition) is 5. The van der Waals surface area contributed by atoms with Crippen molar-refractivity contribution in [3.05, 3.63) is 63.1 Å². The molecule has 40 heavy (non-hydrogen) atoms. The van der Waals surface area contributed by atoms with Crippen molar-refractivity contribution in [1.29, 1.82) is 0 Å². The third-order valence-electron chi connectivity index (χ3n) is 7.88. The van der Waals surface area contributed by atoms with Crippen LogP contribution < -0.4 is 21.1 Å². The molecule has 2 aromatic rings. The van der Waals surface area contributed by atoms with Gasteiger partial charge >= 0.3 is 0 Å². The quantitative estimate of drug-likeness (QED) is 0.495. The van der Waals surface area contributed by atoms with Crippen LogP contribution in [0.4, 0.5) is 0 Å². The van der Waals surface area contributed by atoms with Gasteiger partial charge in [-0.3, -0.25) is 14.4 Å². The number of nitrogens with zero attached hydrogens (tertiary/aromatic N) is 1. The molecule has 2 aromatic carbocycles. The van der Waals surface area contributed by atoms with E-state index in [0.29, 0.717) is 86.2 Å². The molecular weight excluding hydrogens is 551 g/mol. The molecule has 3 amide bonds. The van der Waals surface area contributed by atoms with Crippen LogP contribution in [-0.4, -0.2) is 61.4 Å². The van der Waals surface area contributed by atoms with Crippen molar-refractivity contribution in [2.45, 2.75) is 57.9 Å². The summed E-state index contributed by atoms with van der Waals surface area (Å²) in [6.07, 6.45) is 4.34. The van der Waals surface area contributed by atoms with Crippen molar-refractivity contribution in [3.63, 3.8) is 0 Å². The number of likely N-dealkylation sites (tertiary alicyclic amines) is 1. The molecule has 216 valence electrons. The van der Waals surface area contributed by atoms with Gasteiger partial charge in [0.2, 0.25) is 11.8 Å². The van der Waals surface area contributed by atoms with Crippen LogP contribution in [0.3, 0.4) is 0 Å². The zero-order valence-electron chi connectivity index (χ0n) is 22.9. The molecule has 2 aliphatic rings. The summed E-state index contributed by atoms with van der Waals surface area (Å²) < 4.78 is 5.92. The van der Waals surface area contributed by atoms with Gasteiger partial charge in [-0.25, -0.2) is 0 Å². The Hall–Kier alpha value is -2.81. The van der Waals surface area contributed by atoms with E-state index in [-0.39, 0.29) is 17.7 Å². The molecule has 4 rings (SSSR count). The minimum absolute atomic E-state index is 0.0230. The number of carbonyl (C=O) groups excluding carboxylic acids is 3. The van der Waals surface area contributed by atoms with Crippen LogP contribution in [0.2, 0.25) is 10.0 Å². The maximum absolute atomic E-state index is 13.5. The largest absolute Gasteiger partial charge is 0.493 e. The highest BCUT2D eigenvalue weighted by atomic mass is 35.5. The number of nitrogens with one attached hydrogen (secondary N) is 2. The summed E-state index contributed by atoms with van der Waals surface area (Å²) in [7, 11) is 0. The number of benzene rings is 2. The van der Waals surface area contributed by atoms with Crippen LogP contribution in [0.15, 0.2) is 36.4 Å². The second kappa shape index (κ2) is 13.7. The maximum atomic E-state index is 13.5. The van der Waals surface area contributed by atoms with Crippen molar-refractivity contribution < 1.29 is 19.1 Å². The lowest BCUT2D eigenvalue weighted by molar-refractivity contribution is -0.141. The monoisotopic (exact) mass is 588 g/mol. The lowest BCUT2D eigenvalue weighted by Gasteiger charge is -2.41. The van der Waals surface area contributed by atoms with Crippen molar-refractivity contribution in [3.8, 4) is 5.75 Å². The van der Waals surface area contributed by atoms with E-state index < -0.39 is 11.5 Å². The molecule has 2 heterocycles. The number of nitrogens with two attached hydrogens (primary N) is 1. The summed E-state index contributed by atoms with van der Waals surface area (Å²) in [6.45, 7) is 4.27. The minimum atomic E-state index is -0.704. The molecule has 0 radical (unpaired) electrons. The molecular formula is C30H38Cl2N4O4. The van der Waals surface area contributed by atoms with Gasteiger partial charge in [-0.2, -0.15) is 0 Å². The van der Waals surface area contributed by atoms with Crippen LogP contribution in [0.1, 0.15) is 60.0 Å². The van der Waals surface area contributed by atoms with Crippen LogP contribution in [-0.2, 0) is 16.0 Å². The summed E-state index contributed by atoms with van der Waals surface area (Å²) in [4.78, 5) is 41.2. The third kappa shape index (κ3) is 7.47. The number of hydrogen-bond donors (Lipinski definition) is 3. The molecule has 0 aromatic heterocycles. The van der Waals surface area contributed by atoms with Gasteiger partial charge in [0.25, 0.3) is 5.91 Å². The number of ether oxygens (including phenoxy) is 1. The van der Waals surface area contributed by atoms with Gasteiger partial charge in [-0.1, -0.05) is 41.8 Å². The Bertz CT molecular complexity index is 1230. The first-order valence-corrected chi connectivity index (χ1v) is 14.7. The van der Waals surface area contributed by atoms with E-state index in [1.807, 2.05) is 25.1 Å². The Balaban J connectivity index is 1.36. The van der Waals surface area contributed by atoms with Crippen LogP contribution >= 0.6 is 23.2 Å². The van der Waals surface area contributed by atoms with Gasteiger partial charge in [-0.15, -0.1) is 0 Å². The fourth-order valence-corrected chi connectivity index (χ4v) is 5.77. The lowest BCUT2D eigenvalue weighted by atomic mass is 9.73. The van der Waals surface area contributed by atoms with E-state index in [0.717, 1.165) is 24.0 Å². The summed E-state index contributed by atoms with van der Waals surface area (Å²) in [6, 6.07) is 10.1. The first-order chi connectivity index (χ1) is 19.2. The third-order valence-corrected chi connectivity index (χ3v) is 8.62. The Morgan fingerprint density at radius 2 is 1.75 bits per heavy atom. The number of aryl methyl sites for hydroxylation is 1. The zero-order chi connectivity index (χ0) is 28.7. The number of fused-ring (bicyclic) bond motifs is 1. The smallest absolute Gasteiger partial charge is 0.255 e. The first-order valence-electron chi connectivity index (χ1n) is 14.0. The summed E-state index contributed by atoms with van der Waals surface area (Å²) in [5, 5.41) is 6.99. The zero-order valence-corrected chi connectivity index (χ0v) is 24.5. The van der Waals surface area contributed by atoms with Gasteiger partial charge in [0.05, 0.1) is 33.7 Å². The van der Waals surface area contributed by atoms with E-state index >= 15 is 0 Å². The second-order valence-corrected chi connectivity index (χ2v) is 11.6. The average Bonchev–Trinajstić information content (AvgIpc) is 2.94. The molecule has 4 N–H and O–H groups in total. The Kier molecular flexibility index (Phi) is 10.3. The Labute approximate surface area is 245 Å². The minimum Gasteiger partial charge on any atom is -0.493 e. The van der Waals surface area contributed by atoms with Gasteiger partial charge < -0.3 is 26.0 Å². The van der Waals surface area contributed by atoms with Crippen molar-refractivity contribution in [1.82, 2.24) is 15.5 Å². The van der Waals surface area contributed by atoms with Crippen molar-refractivity contribution >= 4 is 40.9 Å². The van der Waals surface area contributed by atoms with Gasteiger partial charge in [-0.05, 0) is 80.8 Å². The molecule has 1 atom stereocenters. The Morgan fingerprint density at radius 1 is 1.00 bits per heavy atom. The van der Waals surface area contributed by atoms with Gasteiger partial charge in [0.15, 0.2) is 0 Å². The SMILES string of the molecule is Cc1ccc2c(c1)OCCCNC(=O)C1(CCCCNC2=O)CCN(C(=O)[C@H](N)Cc2ccc(Cl)c(Cl)c2)CC1. The van der Waals surface area contributed by atoms with Crippen molar-refractivity contribution in [2.24, 2.45) is 11.1 Å². The fraction of sp³-hybridized carbons (Fsp3) is 0.500. The number of carbonyl (C=O) groups is 3. The molecule has 0 aliphatic carbocycles. The van der Waals surface area contributed by atoms with E-state index in [1.165, 1.54) is 0 Å². The van der Waals surface area contributed by atoms with Crippen LogP contribution in [0.5, 0.6) is 5.75 Å². The van der Waals surface area contributed by atoms with Crippen LogP contribution in [0, 0.1) is 12.3 Å². The van der Waals surface area contributed by atoms with Crippen LogP contribution in [0.25, 0.3) is 0 Å². The molecule has 10 heteroatoms. The number of rotatable bonds is 3. The van der Waals surface area contributed by atoms with Gasteiger partial charge in [0, 0.05) is 26.2 Å². The van der Waals surface area contributed by atoms with Crippen molar-refractivity contribution in [2.75, 3.05) is 32.8 Å². The normalized spacial score (nSPS) is 19.4. The standard InChI is InChI=1S/C30H38Cl2N4O4/c1-20-5-7-22-26(17-20)40-16-4-13-35-29(39)30(9-2-3-12-34-27(22)37)10-14-36(15-11-30)28(38)25(33)19-21-6-8-23(31)24(32)18-21/h5-8,17-18,25H,2-4,9-16,19,33H2,1H3,(H,34,37)(H,35,39)/t25-/m1/s1. The number of piperidine rings is 1. The first kappa shape index (κ1) is 30.2. The summed E-state index contributed by atoms with van der Waals surface area (Å²) in [5.74, 6) is 0.297. The fourth-order valence-electron chi connectivity index (χ4n) is 5.45. The molecule has 0 unspecified atom stereocenters. The predicted molar refractivity (Wildman–Crippen MR) is 157 cm³/mol. The summed E-state index contributed by atoms with van der Waals surface area (Å²) in [5.41, 5.74) is 8.10.